The van der Waals surface area contributed by atoms with Crippen molar-refractivity contribution >= 4 is 5.78 Å². The van der Waals surface area contributed by atoms with Gasteiger partial charge in [-0.15, -0.1) is 0 Å². The monoisotopic (exact) mass is 181 g/mol. The molecule has 0 aliphatic carbocycles. The third-order valence-electron chi connectivity index (χ3n) is 1.73. The Morgan fingerprint density at radius 3 is 2.77 bits per heavy atom. The molecule has 2 rings (SSSR count). The number of nitrogens with zero attached hydrogens (tertiary/aromatic N) is 4. The highest BCUT2D eigenvalue weighted by Crippen LogP contribution is 1.94. The highest BCUT2D eigenvalue weighted by atomic mass is 16.2. The predicted molar refractivity (Wildman–Crippen MR) is 43.6 cm³/mol. The zero-order valence-corrected chi connectivity index (χ0v) is 7.11. The number of nitrogens with one attached hydrogen (secondary N) is 1. The van der Waals surface area contributed by atoms with Crippen LogP contribution >= 0.6 is 0 Å². The number of aromatic amines is 1. The Bertz CT molecular complexity index is 575. The van der Waals surface area contributed by atoms with Crippen LogP contribution in [-0.2, 0) is 7.05 Å². The van der Waals surface area contributed by atoms with E-state index >= 15 is 0 Å². The average Bonchev–Trinajstić information content (AvgIpc) is 2.27. The molecule has 0 radical (unpaired) electrons. The minimum Gasteiger partial charge on any atom is -0.257 e. The molecule has 2 heterocycles. The predicted octanol–water partition coefficient (Wildman–Crippen LogP) is -1.58. The maximum absolute atomic E-state index is 11.2. The van der Waals surface area contributed by atoms with E-state index in [0.717, 1.165) is 0 Å². The molecule has 7 nitrogen and oxygen atoms in total. The van der Waals surface area contributed by atoms with Crippen LogP contribution in [0, 0.1) is 6.92 Å². The summed E-state index contributed by atoms with van der Waals surface area (Å²) in [6.45, 7) is 1.66. The lowest BCUT2D eigenvalue weighted by Gasteiger charge is -1.90. The lowest BCUT2D eigenvalue weighted by Crippen LogP contribution is -2.28. The minimum atomic E-state index is -0.659. The van der Waals surface area contributed by atoms with E-state index in [1.54, 1.807) is 14.0 Å². The summed E-state index contributed by atoms with van der Waals surface area (Å²) >= 11 is 0. The molecule has 0 aliphatic rings. The van der Waals surface area contributed by atoms with Gasteiger partial charge < -0.3 is 0 Å². The van der Waals surface area contributed by atoms with Gasteiger partial charge in [0.15, 0.2) is 0 Å². The second-order valence-electron chi connectivity index (χ2n) is 2.65. The maximum Gasteiger partial charge on any atom is 0.352 e. The van der Waals surface area contributed by atoms with Crippen molar-refractivity contribution in [2.45, 2.75) is 6.92 Å². The summed E-state index contributed by atoms with van der Waals surface area (Å²) in [5.74, 6) is 0.734. The van der Waals surface area contributed by atoms with Crippen LogP contribution in [0.1, 0.15) is 5.82 Å². The van der Waals surface area contributed by atoms with E-state index < -0.39 is 11.4 Å². The van der Waals surface area contributed by atoms with Crippen molar-refractivity contribution in [2.75, 3.05) is 0 Å². The molecule has 0 unspecified atom stereocenters. The first-order valence-corrected chi connectivity index (χ1v) is 3.62. The molecule has 0 spiro atoms. The summed E-state index contributed by atoms with van der Waals surface area (Å²) in [5.41, 5.74) is -1.17. The normalized spacial score (nSPS) is 10.9. The van der Waals surface area contributed by atoms with Gasteiger partial charge in [-0.25, -0.2) is 18.7 Å². The molecule has 0 atom stereocenters. The summed E-state index contributed by atoms with van der Waals surface area (Å²) in [5, 5.41) is 3.95. The molecule has 0 amide bonds. The Labute approximate surface area is 71.7 Å². The molecule has 0 fully saturated rings. The first-order valence-electron chi connectivity index (χ1n) is 3.62. The van der Waals surface area contributed by atoms with Crippen LogP contribution in [-0.4, -0.2) is 24.1 Å². The Morgan fingerprint density at radius 2 is 2.08 bits per heavy atom. The van der Waals surface area contributed by atoms with Crippen LogP contribution in [0.15, 0.2) is 9.59 Å². The van der Waals surface area contributed by atoms with E-state index in [1.807, 2.05) is 0 Å². The van der Waals surface area contributed by atoms with E-state index in [2.05, 4.69) is 15.1 Å². The van der Waals surface area contributed by atoms with Crippen molar-refractivity contribution in [3.63, 3.8) is 0 Å². The van der Waals surface area contributed by atoms with Crippen LogP contribution in [0.4, 0.5) is 0 Å². The Balaban J connectivity index is 3.15. The molecule has 2 aromatic heterocycles. The smallest absolute Gasteiger partial charge is 0.257 e. The molecule has 2 aromatic rings. The van der Waals surface area contributed by atoms with E-state index in [-0.39, 0.29) is 5.78 Å². The van der Waals surface area contributed by atoms with E-state index in [1.165, 1.54) is 9.08 Å². The van der Waals surface area contributed by atoms with Crippen molar-refractivity contribution in [3.8, 4) is 0 Å². The fourth-order valence-corrected chi connectivity index (χ4v) is 1.22. The molecule has 0 aromatic carbocycles. The third kappa shape index (κ3) is 0.968. The van der Waals surface area contributed by atoms with E-state index in [4.69, 9.17) is 0 Å². The highest BCUT2D eigenvalue weighted by Gasteiger charge is 2.07. The van der Waals surface area contributed by atoms with Gasteiger partial charge in [0, 0.05) is 7.05 Å². The lowest BCUT2D eigenvalue weighted by molar-refractivity contribution is 0.769. The molecule has 13 heavy (non-hydrogen) atoms. The summed E-state index contributed by atoms with van der Waals surface area (Å²) in [7, 11) is 1.62. The number of rotatable bonds is 0. The summed E-state index contributed by atoms with van der Waals surface area (Å²) < 4.78 is 2.62. The topological polar surface area (TPSA) is 85.0 Å². The van der Waals surface area contributed by atoms with Crippen molar-refractivity contribution in [1.29, 1.82) is 0 Å². The van der Waals surface area contributed by atoms with Crippen molar-refractivity contribution < 1.29 is 0 Å². The Kier molecular flexibility index (Phi) is 1.35. The SMILES string of the molecule is Cc1nn(C)c2nc(=O)[nH]c(=O)n12. The van der Waals surface area contributed by atoms with Crippen molar-refractivity contribution in [3.05, 3.63) is 26.8 Å². The lowest BCUT2D eigenvalue weighted by atomic mass is 10.7. The number of fused-ring (bicyclic) bond motifs is 1. The zero-order valence-electron chi connectivity index (χ0n) is 7.11. The van der Waals surface area contributed by atoms with Gasteiger partial charge in [-0.05, 0) is 6.92 Å². The zero-order chi connectivity index (χ0) is 9.59. The minimum absolute atomic E-state index is 0.242. The van der Waals surface area contributed by atoms with Crippen molar-refractivity contribution in [1.82, 2.24) is 24.1 Å². The fraction of sp³-hybridized carbons (Fsp3) is 0.333. The van der Waals surface area contributed by atoms with Crippen LogP contribution in [0.25, 0.3) is 5.78 Å². The number of H-pyrrole nitrogens is 1. The number of aromatic nitrogens is 5. The largest absolute Gasteiger partial charge is 0.352 e. The molecule has 0 saturated carbocycles. The number of aryl methyl sites for hydroxylation is 2. The van der Waals surface area contributed by atoms with Gasteiger partial charge in [-0.2, -0.15) is 10.1 Å². The first-order chi connectivity index (χ1) is 6.09. The molecular formula is C6H7N5O2. The maximum atomic E-state index is 11.2. The van der Waals surface area contributed by atoms with Crippen LogP contribution in [0.5, 0.6) is 0 Å². The fourth-order valence-electron chi connectivity index (χ4n) is 1.22. The summed E-state index contributed by atoms with van der Waals surface area (Å²) in [4.78, 5) is 27.8. The molecule has 0 bridgehead atoms. The third-order valence-corrected chi connectivity index (χ3v) is 1.73. The van der Waals surface area contributed by atoms with Gasteiger partial charge in [0.2, 0.25) is 5.78 Å². The van der Waals surface area contributed by atoms with Gasteiger partial charge in [0.1, 0.15) is 5.82 Å². The first kappa shape index (κ1) is 7.71. The van der Waals surface area contributed by atoms with E-state index in [0.29, 0.717) is 5.82 Å². The molecule has 68 valence electrons. The summed E-state index contributed by atoms with van der Waals surface area (Å²) in [6.07, 6.45) is 0. The van der Waals surface area contributed by atoms with Gasteiger partial charge in [0.25, 0.3) is 0 Å². The van der Waals surface area contributed by atoms with Crippen LogP contribution in [0.2, 0.25) is 0 Å². The van der Waals surface area contributed by atoms with Gasteiger partial charge in [-0.3, -0.25) is 4.98 Å². The summed E-state index contributed by atoms with van der Waals surface area (Å²) in [6, 6.07) is 0. The van der Waals surface area contributed by atoms with Gasteiger partial charge in [-0.1, -0.05) is 0 Å². The molecule has 7 heteroatoms. The molecular weight excluding hydrogens is 174 g/mol. The van der Waals surface area contributed by atoms with Gasteiger partial charge >= 0.3 is 11.4 Å². The number of hydrogen-bond donors (Lipinski definition) is 1. The average molecular weight is 181 g/mol. The molecule has 0 saturated heterocycles. The second kappa shape index (κ2) is 2.28. The van der Waals surface area contributed by atoms with Crippen LogP contribution in [0.3, 0.4) is 0 Å². The second-order valence-corrected chi connectivity index (χ2v) is 2.65. The molecule has 1 N–H and O–H groups in total. The Morgan fingerprint density at radius 1 is 1.38 bits per heavy atom. The standard InChI is InChI=1S/C6H7N5O2/c1-3-9-10(2)5-7-4(12)8-6(13)11(3)5/h1-2H3,(H,8,12,13). The quantitative estimate of drug-likeness (QED) is 0.531. The highest BCUT2D eigenvalue weighted by molar-refractivity contribution is 5.26. The van der Waals surface area contributed by atoms with Crippen molar-refractivity contribution in [2.24, 2.45) is 7.05 Å². The van der Waals surface area contributed by atoms with Gasteiger partial charge in [0.05, 0.1) is 0 Å². The molecule has 0 aliphatic heterocycles. The number of hydrogen-bond acceptors (Lipinski definition) is 4. The Hall–Kier alpha value is -1.92. The van der Waals surface area contributed by atoms with Crippen LogP contribution < -0.4 is 11.4 Å². The van der Waals surface area contributed by atoms with E-state index in [9.17, 15) is 9.59 Å².